The van der Waals surface area contributed by atoms with Crippen LogP contribution in [-0.2, 0) is 11.2 Å². The Morgan fingerprint density at radius 1 is 1.07 bits per heavy atom. The summed E-state index contributed by atoms with van der Waals surface area (Å²) >= 11 is 1.62. The second kappa shape index (κ2) is 10.0. The Labute approximate surface area is 180 Å². The molecule has 1 aliphatic heterocycles. The van der Waals surface area contributed by atoms with Crippen molar-refractivity contribution in [3.63, 3.8) is 0 Å². The zero-order valence-corrected chi connectivity index (χ0v) is 17.7. The van der Waals surface area contributed by atoms with Crippen LogP contribution in [-0.4, -0.2) is 53.0 Å². The van der Waals surface area contributed by atoms with Crippen molar-refractivity contribution in [1.82, 2.24) is 14.9 Å². The summed E-state index contributed by atoms with van der Waals surface area (Å²) < 4.78 is 0. The van der Waals surface area contributed by atoms with Crippen molar-refractivity contribution in [3.8, 4) is 0 Å². The normalized spacial score (nSPS) is 14.9. The number of piperazine rings is 1. The van der Waals surface area contributed by atoms with Gasteiger partial charge >= 0.3 is 0 Å². The fraction of sp³-hybridized carbons (Fsp3) is 0.316. The smallest absolute Gasteiger partial charge is 0.239 e. The first-order valence-electron chi connectivity index (χ1n) is 8.74. The summed E-state index contributed by atoms with van der Waals surface area (Å²) in [6.07, 6.45) is 2.18. The lowest BCUT2D eigenvalue weighted by molar-refractivity contribution is -0.132. The van der Waals surface area contributed by atoms with E-state index in [4.69, 9.17) is 5.73 Å². The standard InChI is InChI=1S/C19H21N5OS.2ClH/c20-16(12-14-4-2-1-3-5-14)19(25)24-9-7-23(8-10-24)17-15-6-11-26-18(15)22-13-21-17;;/h1-6,11,13,16H,7-10,12,20H2;2*1H. The first-order chi connectivity index (χ1) is 12.7. The van der Waals surface area contributed by atoms with E-state index in [0.29, 0.717) is 19.5 Å². The molecule has 1 atom stereocenters. The third-order valence-electron chi connectivity index (χ3n) is 4.75. The van der Waals surface area contributed by atoms with Gasteiger partial charge in [-0.15, -0.1) is 36.2 Å². The van der Waals surface area contributed by atoms with E-state index in [1.54, 1.807) is 17.7 Å². The van der Waals surface area contributed by atoms with Crippen molar-refractivity contribution in [2.24, 2.45) is 5.73 Å². The van der Waals surface area contributed by atoms with Crippen LogP contribution in [0.2, 0.25) is 0 Å². The van der Waals surface area contributed by atoms with E-state index < -0.39 is 6.04 Å². The van der Waals surface area contributed by atoms with Gasteiger partial charge in [0.1, 0.15) is 17.0 Å². The SMILES string of the molecule is Cl.Cl.NC(Cc1ccccc1)C(=O)N1CCN(c2ncnc3sccc23)CC1. The first kappa shape index (κ1) is 22.4. The van der Waals surface area contributed by atoms with E-state index >= 15 is 0 Å². The minimum atomic E-state index is -0.494. The summed E-state index contributed by atoms with van der Waals surface area (Å²) in [6, 6.07) is 11.5. The zero-order valence-electron chi connectivity index (χ0n) is 15.2. The van der Waals surface area contributed by atoms with Crippen molar-refractivity contribution < 1.29 is 4.79 Å². The molecule has 1 fully saturated rings. The molecular formula is C19H23Cl2N5OS. The van der Waals surface area contributed by atoms with Crippen molar-refractivity contribution in [2.75, 3.05) is 31.1 Å². The molecule has 0 saturated carbocycles. The van der Waals surface area contributed by atoms with Gasteiger partial charge in [0.2, 0.25) is 5.91 Å². The summed E-state index contributed by atoms with van der Waals surface area (Å²) in [7, 11) is 0. The average Bonchev–Trinajstić information content (AvgIpc) is 3.17. The van der Waals surface area contributed by atoms with Crippen LogP contribution in [0.15, 0.2) is 48.1 Å². The van der Waals surface area contributed by atoms with Crippen molar-refractivity contribution in [1.29, 1.82) is 0 Å². The molecule has 150 valence electrons. The number of benzene rings is 1. The minimum Gasteiger partial charge on any atom is -0.352 e. The Morgan fingerprint density at radius 2 is 1.79 bits per heavy atom. The van der Waals surface area contributed by atoms with E-state index in [9.17, 15) is 4.79 Å². The second-order valence-corrected chi connectivity index (χ2v) is 7.34. The number of carbonyl (C=O) groups is 1. The van der Waals surface area contributed by atoms with Crippen molar-refractivity contribution in [2.45, 2.75) is 12.5 Å². The van der Waals surface area contributed by atoms with Crippen LogP contribution in [0.4, 0.5) is 5.82 Å². The number of anilines is 1. The number of rotatable bonds is 4. The fourth-order valence-corrected chi connectivity index (χ4v) is 4.08. The number of fused-ring (bicyclic) bond motifs is 1. The number of carbonyl (C=O) groups excluding carboxylic acids is 1. The molecule has 1 aromatic carbocycles. The average molecular weight is 440 g/mol. The Bertz CT molecular complexity index is 899. The third kappa shape index (κ3) is 4.72. The van der Waals surface area contributed by atoms with Crippen LogP contribution in [0, 0.1) is 0 Å². The first-order valence-corrected chi connectivity index (χ1v) is 9.62. The quantitative estimate of drug-likeness (QED) is 0.676. The largest absolute Gasteiger partial charge is 0.352 e. The molecule has 0 bridgehead atoms. The zero-order chi connectivity index (χ0) is 17.9. The van der Waals surface area contributed by atoms with E-state index in [1.165, 1.54) is 0 Å². The predicted octanol–water partition coefficient (Wildman–Crippen LogP) is 2.75. The maximum absolute atomic E-state index is 12.7. The molecule has 1 unspecified atom stereocenters. The molecule has 9 heteroatoms. The highest BCUT2D eigenvalue weighted by atomic mass is 35.5. The van der Waals surface area contributed by atoms with E-state index in [2.05, 4.69) is 20.9 Å². The Balaban J connectivity index is 0.00000140. The van der Waals surface area contributed by atoms with Gasteiger partial charge in [-0.2, -0.15) is 0 Å². The number of aromatic nitrogens is 2. The lowest BCUT2D eigenvalue weighted by atomic mass is 10.1. The highest BCUT2D eigenvalue weighted by molar-refractivity contribution is 7.16. The van der Waals surface area contributed by atoms with Gasteiger partial charge in [-0.3, -0.25) is 4.79 Å². The molecule has 28 heavy (non-hydrogen) atoms. The van der Waals surface area contributed by atoms with Crippen LogP contribution in [0.5, 0.6) is 0 Å². The van der Waals surface area contributed by atoms with Gasteiger partial charge in [0.05, 0.1) is 11.4 Å². The molecule has 2 aromatic heterocycles. The highest BCUT2D eigenvalue weighted by Crippen LogP contribution is 2.27. The Hall–Kier alpha value is -1.93. The lowest BCUT2D eigenvalue weighted by Crippen LogP contribution is -2.53. The maximum Gasteiger partial charge on any atom is 0.239 e. The van der Waals surface area contributed by atoms with Crippen molar-refractivity contribution >= 4 is 58.1 Å². The molecule has 0 aliphatic carbocycles. The van der Waals surface area contributed by atoms with Gasteiger partial charge in [0.15, 0.2) is 0 Å². The summed E-state index contributed by atoms with van der Waals surface area (Å²) in [6.45, 7) is 2.84. The molecule has 2 N–H and O–H groups in total. The van der Waals surface area contributed by atoms with E-state index in [1.807, 2.05) is 40.6 Å². The summed E-state index contributed by atoms with van der Waals surface area (Å²) in [4.78, 5) is 26.5. The van der Waals surface area contributed by atoms with Crippen LogP contribution in [0.3, 0.4) is 0 Å². The lowest BCUT2D eigenvalue weighted by Gasteiger charge is -2.36. The summed E-state index contributed by atoms with van der Waals surface area (Å²) in [5.74, 6) is 0.980. The summed E-state index contributed by atoms with van der Waals surface area (Å²) in [5.41, 5.74) is 7.25. The number of nitrogens with two attached hydrogens (primary N) is 1. The van der Waals surface area contributed by atoms with Crippen molar-refractivity contribution in [3.05, 3.63) is 53.7 Å². The second-order valence-electron chi connectivity index (χ2n) is 6.45. The number of hydrogen-bond acceptors (Lipinski definition) is 6. The Morgan fingerprint density at radius 3 is 2.50 bits per heavy atom. The topological polar surface area (TPSA) is 75.4 Å². The molecule has 6 nitrogen and oxygen atoms in total. The predicted molar refractivity (Wildman–Crippen MR) is 119 cm³/mol. The summed E-state index contributed by atoms with van der Waals surface area (Å²) in [5, 5.41) is 3.11. The molecule has 0 spiro atoms. The maximum atomic E-state index is 12.7. The molecular weight excluding hydrogens is 417 g/mol. The fourth-order valence-electron chi connectivity index (χ4n) is 3.36. The van der Waals surface area contributed by atoms with Crippen LogP contribution < -0.4 is 10.6 Å². The minimum absolute atomic E-state index is 0. The van der Waals surface area contributed by atoms with Gasteiger partial charge in [-0.1, -0.05) is 30.3 Å². The number of thiophene rings is 1. The van der Waals surface area contributed by atoms with E-state index in [-0.39, 0.29) is 30.7 Å². The van der Waals surface area contributed by atoms with Crippen LogP contribution >= 0.6 is 36.2 Å². The number of halogens is 2. The van der Waals surface area contributed by atoms with Crippen LogP contribution in [0.1, 0.15) is 5.56 Å². The molecule has 1 amide bonds. The number of nitrogens with zero attached hydrogens (tertiary/aromatic N) is 4. The molecule has 0 radical (unpaired) electrons. The highest BCUT2D eigenvalue weighted by Gasteiger charge is 2.26. The molecule has 3 aromatic rings. The van der Waals surface area contributed by atoms with Crippen LogP contribution in [0.25, 0.3) is 10.2 Å². The molecule has 1 saturated heterocycles. The molecule has 4 rings (SSSR count). The monoisotopic (exact) mass is 439 g/mol. The molecule has 3 heterocycles. The van der Waals surface area contributed by atoms with Gasteiger partial charge < -0.3 is 15.5 Å². The van der Waals surface area contributed by atoms with Gasteiger partial charge in [-0.05, 0) is 23.4 Å². The van der Waals surface area contributed by atoms with Gasteiger partial charge in [0, 0.05) is 26.2 Å². The van der Waals surface area contributed by atoms with Gasteiger partial charge in [0.25, 0.3) is 0 Å². The molecule has 1 aliphatic rings. The number of amides is 1. The van der Waals surface area contributed by atoms with E-state index in [0.717, 1.165) is 34.7 Å². The number of hydrogen-bond donors (Lipinski definition) is 1. The Kier molecular flexibility index (Phi) is 8.00. The third-order valence-corrected chi connectivity index (χ3v) is 5.57. The van der Waals surface area contributed by atoms with Gasteiger partial charge in [-0.25, -0.2) is 9.97 Å².